The third-order valence-corrected chi connectivity index (χ3v) is 5.41. The van der Waals surface area contributed by atoms with Gasteiger partial charge in [0.25, 0.3) is 0 Å². The zero-order chi connectivity index (χ0) is 21.5. The van der Waals surface area contributed by atoms with Gasteiger partial charge >= 0.3 is 0 Å². The van der Waals surface area contributed by atoms with Crippen LogP contribution in [0.2, 0.25) is 0 Å². The van der Waals surface area contributed by atoms with Crippen LogP contribution in [0.1, 0.15) is 12.0 Å². The van der Waals surface area contributed by atoms with Crippen LogP contribution in [-0.4, -0.2) is 53.7 Å². The first-order chi connectivity index (χ1) is 15.2. The van der Waals surface area contributed by atoms with E-state index < -0.39 is 0 Å². The smallest absolute Gasteiger partial charge is 0.236 e. The normalized spacial score (nSPS) is 14.4. The number of carbonyl (C=O) groups excluding carboxylic acids is 1. The molecule has 7 heteroatoms. The third-order valence-electron chi connectivity index (χ3n) is 5.41. The Morgan fingerprint density at radius 2 is 1.71 bits per heavy atom. The van der Waals surface area contributed by atoms with Crippen molar-refractivity contribution in [3.8, 4) is 11.3 Å². The third kappa shape index (κ3) is 5.64. The maximum Gasteiger partial charge on any atom is 0.236 e. The van der Waals surface area contributed by atoms with E-state index in [1.54, 1.807) is 12.1 Å². The molecule has 2 aromatic carbocycles. The van der Waals surface area contributed by atoms with Gasteiger partial charge in [-0.15, -0.1) is 10.2 Å². The molecular weight excluding hydrogens is 393 g/mol. The van der Waals surface area contributed by atoms with Crippen molar-refractivity contribution in [2.45, 2.75) is 13.0 Å². The number of nitrogens with one attached hydrogen (secondary N) is 1. The average Bonchev–Trinajstić information content (AvgIpc) is 3.07. The van der Waals surface area contributed by atoms with E-state index in [2.05, 4.69) is 20.4 Å². The summed E-state index contributed by atoms with van der Waals surface area (Å²) in [7, 11) is 0. The van der Waals surface area contributed by atoms with Crippen LogP contribution in [0.4, 0.5) is 10.2 Å². The van der Waals surface area contributed by atoms with Gasteiger partial charge in [-0.1, -0.05) is 42.5 Å². The van der Waals surface area contributed by atoms with E-state index in [0.717, 1.165) is 48.7 Å². The van der Waals surface area contributed by atoms with Crippen LogP contribution in [-0.2, 0) is 11.3 Å². The minimum atomic E-state index is -0.256. The predicted molar refractivity (Wildman–Crippen MR) is 119 cm³/mol. The number of halogens is 1. The van der Waals surface area contributed by atoms with Crippen molar-refractivity contribution in [2.75, 3.05) is 37.6 Å². The molecule has 1 saturated heterocycles. The number of anilines is 1. The summed E-state index contributed by atoms with van der Waals surface area (Å²) in [5.74, 6) is 0.659. The van der Waals surface area contributed by atoms with Gasteiger partial charge in [0, 0.05) is 38.3 Å². The molecule has 31 heavy (non-hydrogen) atoms. The highest BCUT2D eigenvalue weighted by molar-refractivity contribution is 5.78. The summed E-state index contributed by atoms with van der Waals surface area (Å²) in [6, 6.07) is 20.3. The van der Waals surface area contributed by atoms with E-state index in [4.69, 9.17) is 0 Å². The fourth-order valence-electron chi connectivity index (χ4n) is 3.68. The van der Waals surface area contributed by atoms with E-state index in [9.17, 15) is 9.18 Å². The number of amides is 1. The van der Waals surface area contributed by atoms with Crippen molar-refractivity contribution in [1.29, 1.82) is 0 Å². The Kier molecular flexibility index (Phi) is 6.84. The van der Waals surface area contributed by atoms with Gasteiger partial charge in [0.05, 0.1) is 12.2 Å². The molecule has 1 aliphatic heterocycles. The van der Waals surface area contributed by atoms with Crippen LogP contribution in [0.5, 0.6) is 0 Å². The second-order valence-corrected chi connectivity index (χ2v) is 7.59. The Labute approximate surface area is 181 Å². The molecule has 1 amide bonds. The van der Waals surface area contributed by atoms with Crippen molar-refractivity contribution >= 4 is 11.7 Å². The Morgan fingerprint density at radius 3 is 2.45 bits per heavy atom. The minimum Gasteiger partial charge on any atom is -0.353 e. The lowest BCUT2D eigenvalue weighted by Gasteiger charge is -2.22. The molecule has 1 aromatic heterocycles. The van der Waals surface area contributed by atoms with Gasteiger partial charge in [0.15, 0.2) is 5.82 Å². The summed E-state index contributed by atoms with van der Waals surface area (Å²) in [5.41, 5.74) is 2.85. The monoisotopic (exact) mass is 419 g/mol. The molecular formula is C24H26FN5O. The second-order valence-electron chi connectivity index (χ2n) is 7.59. The minimum absolute atomic E-state index is 0.0782. The Bertz CT molecular complexity index is 979. The van der Waals surface area contributed by atoms with E-state index in [-0.39, 0.29) is 18.3 Å². The lowest BCUT2D eigenvalue weighted by molar-refractivity contribution is -0.130. The molecule has 0 atom stereocenters. The SMILES string of the molecule is O=C(CNCc1ccc(F)cc1)N1CCCN(c2ccc(-c3ccccc3)nn2)CC1. The maximum absolute atomic E-state index is 13.0. The molecule has 1 N–H and O–H groups in total. The number of carbonyl (C=O) groups is 1. The van der Waals surface area contributed by atoms with E-state index in [0.29, 0.717) is 13.1 Å². The molecule has 4 rings (SSSR count). The largest absolute Gasteiger partial charge is 0.353 e. The molecule has 1 fully saturated rings. The van der Waals surface area contributed by atoms with Crippen LogP contribution in [0.15, 0.2) is 66.7 Å². The first kappa shape index (κ1) is 20.9. The zero-order valence-corrected chi connectivity index (χ0v) is 17.4. The van der Waals surface area contributed by atoms with E-state index >= 15 is 0 Å². The Balaban J connectivity index is 1.27. The van der Waals surface area contributed by atoms with E-state index in [1.807, 2.05) is 47.4 Å². The first-order valence-electron chi connectivity index (χ1n) is 10.6. The van der Waals surface area contributed by atoms with Crippen molar-refractivity contribution in [3.05, 3.63) is 78.1 Å². The number of hydrogen-bond acceptors (Lipinski definition) is 5. The van der Waals surface area contributed by atoms with Crippen molar-refractivity contribution < 1.29 is 9.18 Å². The summed E-state index contributed by atoms with van der Waals surface area (Å²) in [5, 5.41) is 11.9. The average molecular weight is 420 g/mol. The van der Waals surface area contributed by atoms with Crippen molar-refractivity contribution in [3.63, 3.8) is 0 Å². The highest BCUT2D eigenvalue weighted by Crippen LogP contribution is 2.19. The standard InChI is InChI=1S/C24H26FN5O/c25-21-9-7-19(8-10-21)17-26-18-24(31)30-14-4-13-29(15-16-30)23-12-11-22(27-28-23)20-5-2-1-3-6-20/h1-3,5-12,26H,4,13-18H2. The molecule has 0 saturated carbocycles. The van der Waals surface area contributed by atoms with Gasteiger partial charge in [0.2, 0.25) is 5.91 Å². The molecule has 0 aliphatic carbocycles. The summed E-state index contributed by atoms with van der Waals surface area (Å²) in [6.07, 6.45) is 0.881. The molecule has 160 valence electrons. The van der Waals surface area contributed by atoms with Crippen LogP contribution in [0.3, 0.4) is 0 Å². The fraction of sp³-hybridized carbons (Fsp3) is 0.292. The summed E-state index contributed by atoms with van der Waals surface area (Å²) in [6.45, 7) is 3.75. The quantitative estimate of drug-likeness (QED) is 0.665. The zero-order valence-electron chi connectivity index (χ0n) is 17.4. The van der Waals surface area contributed by atoms with Gasteiger partial charge in [-0.05, 0) is 36.2 Å². The van der Waals surface area contributed by atoms with Crippen LogP contribution >= 0.6 is 0 Å². The fourth-order valence-corrected chi connectivity index (χ4v) is 3.68. The summed E-state index contributed by atoms with van der Waals surface area (Å²) >= 11 is 0. The van der Waals surface area contributed by atoms with Gasteiger partial charge in [0.1, 0.15) is 5.82 Å². The predicted octanol–water partition coefficient (Wildman–Crippen LogP) is 3.11. The molecule has 0 spiro atoms. The van der Waals surface area contributed by atoms with Crippen LogP contribution in [0.25, 0.3) is 11.3 Å². The highest BCUT2D eigenvalue weighted by Gasteiger charge is 2.20. The number of hydrogen-bond donors (Lipinski definition) is 1. The van der Waals surface area contributed by atoms with Gasteiger partial charge in [-0.2, -0.15) is 0 Å². The number of nitrogens with zero attached hydrogens (tertiary/aromatic N) is 4. The number of aromatic nitrogens is 2. The Hall–Kier alpha value is -3.32. The topological polar surface area (TPSA) is 61.4 Å². The van der Waals surface area contributed by atoms with Crippen LogP contribution < -0.4 is 10.2 Å². The summed E-state index contributed by atoms with van der Waals surface area (Å²) < 4.78 is 13.0. The number of benzene rings is 2. The second kappa shape index (κ2) is 10.1. The number of rotatable bonds is 6. The molecule has 3 aromatic rings. The van der Waals surface area contributed by atoms with Gasteiger partial charge in [-0.25, -0.2) is 4.39 Å². The molecule has 6 nitrogen and oxygen atoms in total. The van der Waals surface area contributed by atoms with Crippen molar-refractivity contribution in [2.24, 2.45) is 0 Å². The lowest BCUT2D eigenvalue weighted by atomic mass is 10.1. The first-order valence-corrected chi connectivity index (χ1v) is 10.6. The maximum atomic E-state index is 13.0. The van der Waals surface area contributed by atoms with E-state index in [1.165, 1.54) is 12.1 Å². The summed E-state index contributed by atoms with van der Waals surface area (Å²) in [4.78, 5) is 16.7. The highest BCUT2D eigenvalue weighted by atomic mass is 19.1. The lowest BCUT2D eigenvalue weighted by Crippen LogP contribution is -2.40. The molecule has 1 aliphatic rings. The van der Waals surface area contributed by atoms with Gasteiger partial charge in [-0.3, -0.25) is 4.79 Å². The van der Waals surface area contributed by atoms with Crippen LogP contribution in [0, 0.1) is 5.82 Å². The molecule has 0 radical (unpaired) electrons. The molecule has 0 bridgehead atoms. The molecule has 2 heterocycles. The molecule has 0 unspecified atom stereocenters. The van der Waals surface area contributed by atoms with Gasteiger partial charge < -0.3 is 15.1 Å². The van der Waals surface area contributed by atoms with Crippen molar-refractivity contribution in [1.82, 2.24) is 20.4 Å². The Morgan fingerprint density at radius 1 is 0.903 bits per heavy atom.